The number of Topliss-reactive ketones (excluding diaryl/α,β-unsaturated/α-hetero) is 1. The van der Waals surface area contributed by atoms with Gasteiger partial charge in [0.2, 0.25) is 0 Å². The molecule has 20 heavy (non-hydrogen) atoms. The first-order chi connectivity index (χ1) is 9.53. The minimum Gasteiger partial charge on any atom is -0.312 e. The van der Waals surface area contributed by atoms with Crippen LogP contribution in [-0.4, -0.2) is 38.3 Å². The molecule has 1 aliphatic heterocycles. The highest BCUT2D eigenvalue weighted by Crippen LogP contribution is 2.37. The Bertz CT molecular complexity index is 624. The molecular weight excluding hydrogens is 274 g/mol. The Labute approximate surface area is 119 Å². The molecule has 1 N–H and O–H groups in total. The van der Waals surface area contributed by atoms with Crippen LogP contribution >= 0.6 is 0 Å². The lowest BCUT2D eigenvalue weighted by Crippen LogP contribution is -2.46. The van der Waals surface area contributed by atoms with Crippen LogP contribution in [0.15, 0.2) is 24.3 Å². The van der Waals surface area contributed by atoms with E-state index in [9.17, 15) is 13.2 Å². The van der Waals surface area contributed by atoms with E-state index in [0.29, 0.717) is 25.3 Å². The summed E-state index contributed by atoms with van der Waals surface area (Å²) < 4.78 is 23.1. The molecule has 2 aliphatic rings. The van der Waals surface area contributed by atoms with E-state index >= 15 is 0 Å². The molecule has 3 rings (SSSR count). The zero-order valence-corrected chi connectivity index (χ0v) is 12.2. The normalized spacial score (nSPS) is 27.4. The van der Waals surface area contributed by atoms with E-state index in [2.05, 4.69) is 17.4 Å². The predicted octanol–water partition coefficient (Wildman–Crippen LogP) is 1.06. The average Bonchev–Trinajstić information content (AvgIpc) is 2.35. The first-order valence-corrected chi connectivity index (χ1v) is 8.89. The monoisotopic (exact) mass is 293 g/mol. The number of hydrogen-bond donors (Lipinski definition) is 1. The number of carbonyl (C=O) groups is 1. The number of fused-ring (bicyclic) bond motifs is 1. The highest BCUT2D eigenvalue weighted by Gasteiger charge is 2.30. The van der Waals surface area contributed by atoms with E-state index in [4.69, 9.17) is 0 Å². The van der Waals surface area contributed by atoms with Gasteiger partial charge in [-0.05, 0) is 23.5 Å². The maximum Gasteiger partial charge on any atom is 0.153 e. The molecule has 0 aromatic heterocycles. The van der Waals surface area contributed by atoms with Crippen LogP contribution in [0, 0.1) is 0 Å². The van der Waals surface area contributed by atoms with Crippen LogP contribution in [0.2, 0.25) is 0 Å². The highest BCUT2D eigenvalue weighted by atomic mass is 32.2. The van der Waals surface area contributed by atoms with Gasteiger partial charge in [0.25, 0.3) is 0 Å². The van der Waals surface area contributed by atoms with Crippen molar-refractivity contribution in [1.82, 2.24) is 5.32 Å². The van der Waals surface area contributed by atoms with Gasteiger partial charge < -0.3 is 5.32 Å². The zero-order valence-electron chi connectivity index (χ0n) is 11.3. The molecule has 1 saturated heterocycles. The summed E-state index contributed by atoms with van der Waals surface area (Å²) in [5, 5.41) is 3.13. The van der Waals surface area contributed by atoms with Crippen molar-refractivity contribution in [2.75, 3.05) is 18.1 Å². The van der Waals surface area contributed by atoms with E-state index < -0.39 is 9.84 Å². The summed E-state index contributed by atoms with van der Waals surface area (Å²) in [6.07, 6.45) is 1.84. The van der Waals surface area contributed by atoms with Crippen molar-refractivity contribution in [3.05, 3.63) is 35.4 Å². The van der Waals surface area contributed by atoms with Crippen molar-refractivity contribution >= 4 is 15.6 Å². The molecule has 0 spiro atoms. The van der Waals surface area contributed by atoms with Gasteiger partial charge in [-0.3, -0.25) is 4.79 Å². The molecule has 1 aliphatic carbocycles. The Morgan fingerprint density at radius 1 is 1.25 bits per heavy atom. The van der Waals surface area contributed by atoms with Gasteiger partial charge >= 0.3 is 0 Å². The molecule has 2 unspecified atom stereocenters. The molecule has 0 radical (unpaired) electrons. The van der Waals surface area contributed by atoms with Crippen molar-refractivity contribution in [3.8, 4) is 0 Å². The van der Waals surface area contributed by atoms with Crippen molar-refractivity contribution in [1.29, 1.82) is 0 Å². The zero-order chi connectivity index (χ0) is 14.2. The van der Waals surface area contributed by atoms with E-state index in [0.717, 1.165) is 6.42 Å². The molecule has 2 atom stereocenters. The summed E-state index contributed by atoms with van der Waals surface area (Å²) in [5.41, 5.74) is 2.62. The van der Waals surface area contributed by atoms with Gasteiger partial charge in [-0.2, -0.15) is 0 Å². The third-order valence-corrected chi connectivity index (χ3v) is 5.95. The van der Waals surface area contributed by atoms with Crippen LogP contribution in [0.4, 0.5) is 0 Å². The minimum atomic E-state index is -2.96. The van der Waals surface area contributed by atoms with Crippen LogP contribution in [-0.2, 0) is 21.1 Å². The third-order valence-electron chi connectivity index (χ3n) is 4.21. The molecule has 1 fully saturated rings. The van der Waals surface area contributed by atoms with Crippen LogP contribution in [0.1, 0.15) is 29.9 Å². The van der Waals surface area contributed by atoms with Crippen LogP contribution in [0.5, 0.6) is 0 Å². The maximum atomic E-state index is 12.1. The second-order valence-electron chi connectivity index (χ2n) is 5.81. The van der Waals surface area contributed by atoms with Crippen molar-refractivity contribution < 1.29 is 13.2 Å². The highest BCUT2D eigenvalue weighted by molar-refractivity contribution is 7.91. The molecule has 0 amide bonds. The van der Waals surface area contributed by atoms with Gasteiger partial charge in [0.15, 0.2) is 9.84 Å². The molecule has 1 aromatic rings. The van der Waals surface area contributed by atoms with Crippen molar-refractivity contribution in [2.24, 2.45) is 0 Å². The van der Waals surface area contributed by atoms with Gasteiger partial charge in [0, 0.05) is 25.4 Å². The fourth-order valence-electron chi connectivity index (χ4n) is 3.18. The SMILES string of the molecule is O=C(CC1CS(=O)(=O)CCN1)CC1Cc2ccccc21. The van der Waals surface area contributed by atoms with Crippen LogP contribution in [0.25, 0.3) is 0 Å². The summed E-state index contributed by atoms with van der Waals surface area (Å²) in [5.74, 6) is 0.784. The fourth-order valence-corrected chi connectivity index (χ4v) is 4.62. The van der Waals surface area contributed by atoms with Crippen molar-refractivity contribution in [3.63, 3.8) is 0 Å². The quantitative estimate of drug-likeness (QED) is 0.902. The molecular formula is C15H19NO3S. The summed E-state index contributed by atoms with van der Waals surface area (Å²) in [6, 6.07) is 8.01. The lowest BCUT2D eigenvalue weighted by atomic mass is 9.75. The number of hydrogen-bond acceptors (Lipinski definition) is 4. The summed E-state index contributed by atoms with van der Waals surface area (Å²) in [4.78, 5) is 12.1. The standard InChI is InChI=1S/C15H19NO3S/c17-14(9-13-10-20(18,19)6-5-16-13)8-12-7-11-3-1-2-4-15(11)12/h1-4,12-13,16H,5-10H2. The number of benzene rings is 1. The van der Waals surface area contributed by atoms with Crippen LogP contribution in [0.3, 0.4) is 0 Å². The Morgan fingerprint density at radius 2 is 2.05 bits per heavy atom. The Hall–Kier alpha value is -1.20. The van der Waals surface area contributed by atoms with Gasteiger partial charge in [0.05, 0.1) is 11.5 Å². The molecule has 108 valence electrons. The fraction of sp³-hybridized carbons (Fsp3) is 0.533. The molecule has 1 heterocycles. The van der Waals surface area contributed by atoms with Gasteiger partial charge in [-0.1, -0.05) is 24.3 Å². The topological polar surface area (TPSA) is 63.2 Å². The Morgan fingerprint density at radius 3 is 2.80 bits per heavy atom. The Kier molecular flexibility index (Phi) is 3.65. The average molecular weight is 293 g/mol. The van der Waals surface area contributed by atoms with Crippen molar-refractivity contribution in [2.45, 2.75) is 31.2 Å². The molecule has 0 saturated carbocycles. The number of nitrogens with one attached hydrogen (secondary N) is 1. The predicted molar refractivity (Wildman–Crippen MR) is 77.6 cm³/mol. The second kappa shape index (κ2) is 5.30. The number of carbonyl (C=O) groups excluding carboxylic acids is 1. The minimum absolute atomic E-state index is 0.0972. The molecule has 5 heteroatoms. The molecule has 4 nitrogen and oxygen atoms in total. The van der Waals surface area contributed by atoms with E-state index in [1.807, 2.05) is 12.1 Å². The Balaban J connectivity index is 1.54. The summed E-state index contributed by atoms with van der Waals surface area (Å²) >= 11 is 0. The molecule has 0 bridgehead atoms. The number of rotatable bonds is 4. The summed E-state index contributed by atoms with van der Waals surface area (Å²) in [6.45, 7) is 0.465. The smallest absolute Gasteiger partial charge is 0.153 e. The number of ketones is 1. The lowest BCUT2D eigenvalue weighted by Gasteiger charge is -2.30. The lowest BCUT2D eigenvalue weighted by molar-refractivity contribution is -0.119. The largest absolute Gasteiger partial charge is 0.312 e. The van der Waals surface area contributed by atoms with Crippen LogP contribution < -0.4 is 5.32 Å². The summed E-state index contributed by atoms with van der Waals surface area (Å²) in [7, 11) is -2.96. The molecule has 1 aromatic carbocycles. The third kappa shape index (κ3) is 2.94. The first kappa shape index (κ1) is 13.8. The van der Waals surface area contributed by atoms with E-state index in [1.54, 1.807) is 0 Å². The van der Waals surface area contributed by atoms with Gasteiger partial charge in [0.1, 0.15) is 5.78 Å². The van der Waals surface area contributed by atoms with E-state index in [1.165, 1.54) is 11.1 Å². The first-order valence-electron chi connectivity index (χ1n) is 7.07. The second-order valence-corrected chi connectivity index (χ2v) is 8.04. The maximum absolute atomic E-state index is 12.1. The number of sulfone groups is 1. The van der Waals surface area contributed by atoms with Gasteiger partial charge in [-0.15, -0.1) is 0 Å². The van der Waals surface area contributed by atoms with E-state index in [-0.39, 0.29) is 23.3 Å². The van der Waals surface area contributed by atoms with Gasteiger partial charge in [-0.25, -0.2) is 8.42 Å².